The van der Waals surface area contributed by atoms with Crippen LogP contribution < -0.4 is 5.06 Å². The normalized spacial score (nSPS) is 14.2. The van der Waals surface area contributed by atoms with Gasteiger partial charge < -0.3 is 4.84 Å². The molecule has 0 unspecified atom stereocenters. The van der Waals surface area contributed by atoms with E-state index in [-0.39, 0.29) is 31.0 Å². The van der Waals surface area contributed by atoms with Gasteiger partial charge in [0.25, 0.3) is 0 Å². The maximum absolute atomic E-state index is 12.5. The third-order valence-corrected chi connectivity index (χ3v) is 6.82. The Bertz CT molecular complexity index is 728. The summed E-state index contributed by atoms with van der Waals surface area (Å²) in [6.07, 6.45) is 22.6. The van der Waals surface area contributed by atoms with Crippen molar-refractivity contribution in [2.75, 3.05) is 5.06 Å². The van der Waals surface area contributed by atoms with Gasteiger partial charge in [0.2, 0.25) is 0 Å². The standard InChI is InChI=1S/C30H49NO2.Zn/c1-5-6-7-8-9-10-11-12-13-14-15-16-17-18-19-24-29(32)33-31-28-23-21-20-22-27(28)26(2)25-30(31,3)4;/h20-23,25H,5-19,24H2,1-4H3;. The van der Waals surface area contributed by atoms with E-state index in [0.29, 0.717) is 6.42 Å². The minimum Gasteiger partial charge on any atom is -0.340 e. The number of rotatable bonds is 17. The molecular formula is C30H49NO2Zn. The molecule has 1 heterocycles. The number of hydrogen-bond donors (Lipinski definition) is 0. The van der Waals surface area contributed by atoms with Crippen LogP contribution in [0.4, 0.5) is 5.69 Å². The molecule has 0 bridgehead atoms. The summed E-state index contributed by atoms with van der Waals surface area (Å²) in [7, 11) is 0. The molecule has 4 heteroatoms. The predicted molar refractivity (Wildman–Crippen MR) is 142 cm³/mol. The van der Waals surface area contributed by atoms with Crippen molar-refractivity contribution in [1.29, 1.82) is 0 Å². The van der Waals surface area contributed by atoms with Gasteiger partial charge in [0.1, 0.15) is 0 Å². The fourth-order valence-electron chi connectivity index (χ4n) is 4.92. The molecule has 1 aliphatic rings. The van der Waals surface area contributed by atoms with Gasteiger partial charge in [0.15, 0.2) is 0 Å². The number of anilines is 1. The first-order valence-corrected chi connectivity index (χ1v) is 13.8. The molecular weight excluding hydrogens is 472 g/mol. The maximum Gasteiger partial charge on any atom is 0.332 e. The van der Waals surface area contributed by atoms with E-state index < -0.39 is 0 Å². The van der Waals surface area contributed by atoms with Crippen LogP contribution in [-0.2, 0) is 29.1 Å². The van der Waals surface area contributed by atoms with Crippen LogP contribution in [0.25, 0.3) is 5.57 Å². The molecule has 0 radical (unpaired) electrons. The van der Waals surface area contributed by atoms with E-state index in [9.17, 15) is 4.79 Å². The van der Waals surface area contributed by atoms with Gasteiger partial charge in [0, 0.05) is 31.5 Å². The predicted octanol–water partition coefficient (Wildman–Crippen LogP) is 9.41. The summed E-state index contributed by atoms with van der Waals surface area (Å²) in [4.78, 5) is 18.4. The Balaban J connectivity index is 0.00000578. The number of fused-ring (bicyclic) bond motifs is 1. The van der Waals surface area contributed by atoms with E-state index >= 15 is 0 Å². The van der Waals surface area contributed by atoms with E-state index in [1.165, 1.54) is 89.0 Å². The van der Waals surface area contributed by atoms with Crippen molar-refractivity contribution in [1.82, 2.24) is 0 Å². The van der Waals surface area contributed by atoms with Gasteiger partial charge in [-0.3, -0.25) is 0 Å². The molecule has 1 aromatic carbocycles. The van der Waals surface area contributed by atoms with Gasteiger partial charge in [-0.1, -0.05) is 121 Å². The van der Waals surface area contributed by atoms with Crippen molar-refractivity contribution in [3.05, 3.63) is 35.9 Å². The average molecular weight is 521 g/mol. The zero-order valence-corrected chi connectivity index (χ0v) is 25.6. The summed E-state index contributed by atoms with van der Waals surface area (Å²) < 4.78 is 0. The number of hydroxylamine groups is 1. The van der Waals surface area contributed by atoms with E-state index in [0.717, 1.165) is 24.1 Å². The summed E-state index contributed by atoms with van der Waals surface area (Å²) in [6, 6.07) is 8.16. The molecule has 0 saturated carbocycles. The second kappa shape index (κ2) is 17.3. The number of nitrogens with zero attached hydrogens (tertiary/aromatic N) is 1. The second-order valence-corrected chi connectivity index (χ2v) is 10.5. The van der Waals surface area contributed by atoms with E-state index in [1.54, 1.807) is 5.06 Å². The van der Waals surface area contributed by atoms with Crippen LogP contribution in [0, 0.1) is 0 Å². The van der Waals surface area contributed by atoms with E-state index in [2.05, 4.69) is 39.8 Å². The van der Waals surface area contributed by atoms with Crippen molar-refractivity contribution in [2.45, 2.75) is 136 Å². The molecule has 34 heavy (non-hydrogen) atoms. The Morgan fingerprint density at radius 1 is 0.794 bits per heavy atom. The third-order valence-electron chi connectivity index (χ3n) is 6.82. The monoisotopic (exact) mass is 519 g/mol. The number of allylic oxidation sites excluding steroid dienone is 1. The summed E-state index contributed by atoms with van der Waals surface area (Å²) in [5, 5.41) is 1.79. The molecule has 0 atom stereocenters. The number of carbonyl (C=O) groups is 1. The first-order chi connectivity index (χ1) is 16.0. The molecule has 0 spiro atoms. The number of benzene rings is 1. The zero-order valence-electron chi connectivity index (χ0n) is 22.7. The zero-order chi connectivity index (χ0) is 23.9. The Morgan fingerprint density at radius 2 is 1.26 bits per heavy atom. The molecule has 0 N–H and O–H groups in total. The second-order valence-electron chi connectivity index (χ2n) is 10.5. The summed E-state index contributed by atoms with van der Waals surface area (Å²) in [5.41, 5.74) is 3.00. The molecule has 1 aliphatic heterocycles. The molecule has 1 aromatic rings. The van der Waals surface area contributed by atoms with Crippen molar-refractivity contribution in [3.8, 4) is 0 Å². The Kier molecular flexibility index (Phi) is 15.7. The van der Waals surface area contributed by atoms with Crippen LogP contribution in [0.1, 0.15) is 136 Å². The first-order valence-electron chi connectivity index (χ1n) is 13.8. The average Bonchev–Trinajstić information content (AvgIpc) is 2.79. The Labute approximate surface area is 222 Å². The first kappa shape index (κ1) is 30.9. The molecule has 188 valence electrons. The van der Waals surface area contributed by atoms with Crippen LogP contribution in [0.5, 0.6) is 0 Å². The number of hydrogen-bond acceptors (Lipinski definition) is 3. The van der Waals surface area contributed by atoms with Crippen LogP contribution in [0.15, 0.2) is 30.3 Å². The van der Waals surface area contributed by atoms with Crippen LogP contribution in [-0.4, -0.2) is 11.5 Å². The van der Waals surface area contributed by atoms with Crippen molar-refractivity contribution >= 4 is 17.2 Å². The van der Waals surface area contributed by atoms with E-state index in [4.69, 9.17) is 4.84 Å². The summed E-state index contributed by atoms with van der Waals surface area (Å²) in [5.74, 6) is -0.125. The van der Waals surface area contributed by atoms with Crippen molar-refractivity contribution in [2.24, 2.45) is 0 Å². The molecule has 2 rings (SSSR count). The van der Waals surface area contributed by atoms with Crippen molar-refractivity contribution in [3.63, 3.8) is 0 Å². The summed E-state index contributed by atoms with van der Waals surface area (Å²) >= 11 is 0. The SMILES string of the molecule is CCCCCCCCCCCCCCCCCC(=O)ON1c2ccccc2C(C)=CC1(C)C.[Zn]. The molecule has 0 aliphatic carbocycles. The van der Waals surface area contributed by atoms with Gasteiger partial charge >= 0.3 is 5.97 Å². The summed E-state index contributed by atoms with van der Waals surface area (Å²) in [6.45, 7) is 8.58. The fraction of sp³-hybridized carbons (Fsp3) is 0.700. The van der Waals surface area contributed by atoms with Crippen molar-refractivity contribution < 1.29 is 29.1 Å². The largest absolute Gasteiger partial charge is 0.340 e. The quantitative estimate of drug-likeness (QED) is 0.151. The number of para-hydroxylation sites is 1. The third kappa shape index (κ3) is 11.1. The minimum absolute atomic E-state index is 0. The van der Waals surface area contributed by atoms with Gasteiger partial charge in [-0.05, 0) is 38.8 Å². The molecule has 0 saturated heterocycles. The smallest absolute Gasteiger partial charge is 0.332 e. The molecule has 0 amide bonds. The van der Waals surface area contributed by atoms with Crippen LogP contribution in [0.2, 0.25) is 0 Å². The number of carbonyl (C=O) groups excluding carboxylic acids is 1. The molecule has 0 fully saturated rings. The van der Waals surface area contributed by atoms with Gasteiger partial charge in [0.05, 0.1) is 11.2 Å². The van der Waals surface area contributed by atoms with Crippen LogP contribution in [0.3, 0.4) is 0 Å². The minimum atomic E-state index is -0.344. The molecule has 0 aromatic heterocycles. The maximum atomic E-state index is 12.5. The Morgan fingerprint density at radius 3 is 1.79 bits per heavy atom. The van der Waals surface area contributed by atoms with E-state index in [1.807, 2.05) is 18.2 Å². The molecule has 3 nitrogen and oxygen atoms in total. The Hall–Kier alpha value is -1.15. The van der Waals surface area contributed by atoms with Gasteiger partial charge in [-0.2, -0.15) is 5.06 Å². The number of unbranched alkanes of at least 4 members (excludes halogenated alkanes) is 14. The van der Waals surface area contributed by atoms with Gasteiger partial charge in [-0.15, -0.1) is 0 Å². The topological polar surface area (TPSA) is 29.5 Å². The fourth-order valence-corrected chi connectivity index (χ4v) is 4.92. The van der Waals surface area contributed by atoms with Crippen LogP contribution >= 0.6 is 0 Å². The van der Waals surface area contributed by atoms with Gasteiger partial charge in [-0.25, -0.2) is 4.79 Å².